The van der Waals surface area contributed by atoms with Gasteiger partial charge in [0, 0.05) is 24.5 Å². The SMILES string of the molecule is COc1ccc(CN(C(=O)Cc2ccc(Cl)cc2)[C@H](Cc2ccccc2)C(=O)NCc2ccc3c(c2)OCO3)cc1. The zero-order chi connectivity index (χ0) is 28.6. The highest BCUT2D eigenvalue weighted by atomic mass is 35.5. The van der Waals surface area contributed by atoms with Crippen molar-refractivity contribution in [3.05, 3.63) is 124 Å². The number of carbonyl (C=O) groups excluding carboxylic acids is 2. The number of fused-ring (bicyclic) bond motifs is 1. The fraction of sp³-hybridized carbons (Fsp3) is 0.212. The Hall–Kier alpha value is -4.49. The van der Waals surface area contributed by atoms with Gasteiger partial charge in [0.2, 0.25) is 18.6 Å². The molecule has 0 aromatic heterocycles. The van der Waals surface area contributed by atoms with E-state index in [1.807, 2.05) is 84.9 Å². The lowest BCUT2D eigenvalue weighted by atomic mass is 10.0. The number of nitrogens with one attached hydrogen (secondary N) is 1. The number of nitrogens with zero attached hydrogens (tertiary/aromatic N) is 1. The van der Waals surface area contributed by atoms with Gasteiger partial charge in [0.1, 0.15) is 11.8 Å². The first kappa shape index (κ1) is 28.1. The summed E-state index contributed by atoms with van der Waals surface area (Å²) < 4.78 is 16.2. The first-order valence-corrected chi connectivity index (χ1v) is 13.7. The van der Waals surface area contributed by atoms with Crippen molar-refractivity contribution in [2.45, 2.75) is 32.0 Å². The molecule has 2 amide bonds. The van der Waals surface area contributed by atoms with Crippen molar-refractivity contribution >= 4 is 23.4 Å². The molecule has 41 heavy (non-hydrogen) atoms. The highest BCUT2D eigenvalue weighted by Gasteiger charge is 2.30. The van der Waals surface area contributed by atoms with Crippen molar-refractivity contribution in [1.82, 2.24) is 10.2 Å². The number of benzene rings is 4. The van der Waals surface area contributed by atoms with E-state index in [1.54, 1.807) is 24.1 Å². The molecule has 8 heteroatoms. The van der Waals surface area contributed by atoms with E-state index in [1.165, 1.54) is 0 Å². The lowest BCUT2D eigenvalue weighted by molar-refractivity contribution is -0.140. The van der Waals surface area contributed by atoms with Gasteiger partial charge in [-0.3, -0.25) is 9.59 Å². The summed E-state index contributed by atoms with van der Waals surface area (Å²) in [5.41, 5.74) is 3.53. The van der Waals surface area contributed by atoms with Gasteiger partial charge in [0.25, 0.3) is 0 Å². The van der Waals surface area contributed by atoms with Crippen LogP contribution in [-0.2, 0) is 35.5 Å². The zero-order valence-electron chi connectivity index (χ0n) is 22.7. The summed E-state index contributed by atoms with van der Waals surface area (Å²) in [6.07, 6.45) is 0.490. The second-order valence-electron chi connectivity index (χ2n) is 9.78. The molecule has 1 aliphatic heterocycles. The molecule has 0 aliphatic carbocycles. The number of halogens is 1. The normalized spacial score (nSPS) is 12.4. The van der Waals surface area contributed by atoms with Gasteiger partial charge in [-0.2, -0.15) is 0 Å². The van der Waals surface area contributed by atoms with Crippen molar-refractivity contribution in [3.63, 3.8) is 0 Å². The van der Waals surface area contributed by atoms with E-state index in [0.717, 1.165) is 28.0 Å². The molecule has 4 aromatic rings. The van der Waals surface area contributed by atoms with Crippen LogP contribution in [0.4, 0.5) is 0 Å². The highest BCUT2D eigenvalue weighted by Crippen LogP contribution is 2.32. The average Bonchev–Trinajstić information content (AvgIpc) is 3.48. The molecule has 0 saturated heterocycles. The maximum atomic E-state index is 13.9. The predicted molar refractivity (Wildman–Crippen MR) is 157 cm³/mol. The summed E-state index contributed by atoms with van der Waals surface area (Å²) in [6.45, 7) is 0.716. The van der Waals surface area contributed by atoms with Crippen LogP contribution in [-0.4, -0.2) is 36.7 Å². The van der Waals surface area contributed by atoms with E-state index >= 15 is 0 Å². The molecule has 210 valence electrons. The third kappa shape index (κ3) is 7.38. The Morgan fingerprint density at radius 3 is 2.27 bits per heavy atom. The Morgan fingerprint density at radius 1 is 0.854 bits per heavy atom. The predicted octanol–water partition coefficient (Wildman–Crippen LogP) is 5.58. The molecule has 0 fully saturated rings. The number of methoxy groups -OCH3 is 1. The molecule has 0 bridgehead atoms. The molecule has 0 spiro atoms. The summed E-state index contributed by atoms with van der Waals surface area (Å²) in [4.78, 5) is 29.5. The van der Waals surface area contributed by atoms with Crippen LogP contribution in [0.1, 0.15) is 22.3 Å². The summed E-state index contributed by atoms with van der Waals surface area (Å²) >= 11 is 6.07. The summed E-state index contributed by atoms with van der Waals surface area (Å²) in [6, 6.07) is 29.2. The molecular formula is C33H31ClN2O5. The molecular weight excluding hydrogens is 540 g/mol. The van der Waals surface area contributed by atoms with Crippen molar-refractivity contribution < 1.29 is 23.8 Å². The summed E-state index contributed by atoms with van der Waals surface area (Å²) in [5, 5.41) is 3.65. The number of ether oxygens (including phenoxy) is 3. The van der Waals surface area contributed by atoms with Crippen LogP contribution in [0.25, 0.3) is 0 Å². The molecule has 1 N–H and O–H groups in total. The largest absolute Gasteiger partial charge is 0.497 e. The van der Waals surface area contributed by atoms with Gasteiger partial charge in [0.15, 0.2) is 11.5 Å². The van der Waals surface area contributed by atoms with E-state index in [2.05, 4.69) is 5.32 Å². The highest BCUT2D eigenvalue weighted by molar-refractivity contribution is 6.30. The molecule has 0 unspecified atom stereocenters. The van der Waals surface area contributed by atoms with E-state index in [4.69, 9.17) is 25.8 Å². The van der Waals surface area contributed by atoms with Crippen molar-refractivity contribution in [2.24, 2.45) is 0 Å². The molecule has 7 nitrogen and oxygen atoms in total. The minimum absolute atomic E-state index is 0.133. The summed E-state index contributed by atoms with van der Waals surface area (Å²) in [5.74, 6) is 1.64. The van der Waals surface area contributed by atoms with E-state index in [-0.39, 0.29) is 38.1 Å². The molecule has 1 atom stereocenters. The van der Waals surface area contributed by atoms with Crippen LogP contribution in [0.5, 0.6) is 17.2 Å². The lowest BCUT2D eigenvalue weighted by Gasteiger charge is -2.32. The third-order valence-electron chi connectivity index (χ3n) is 6.96. The smallest absolute Gasteiger partial charge is 0.243 e. The number of rotatable bonds is 11. The first-order chi connectivity index (χ1) is 20.0. The molecule has 0 saturated carbocycles. The van der Waals surface area contributed by atoms with Gasteiger partial charge in [-0.05, 0) is 58.7 Å². The van der Waals surface area contributed by atoms with E-state index in [9.17, 15) is 9.59 Å². The van der Waals surface area contributed by atoms with E-state index in [0.29, 0.717) is 22.9 Å². The topological polar surface area (TPSA) is 77.1 Å². The molecule has 5 rings (SSSR count). The second-order valence-corrected chi connectivity index (χ2v) is 10.2. The maximum Gasteiger partial charge on any atom is 0.243 e. The second kappa shape index (κ2) is 13.2. The fourth-order valence-corrected chi connectivity index (χ4v) is 4.84. The van der Waals surface area contributed by atoms with Crippen LogP contribution >= 0.6 is 11.6 Å². The maximum absolute atomic E-state index is 13.9. The average molecular weight is 571 g/mol. The first-order valence-electron chi connectivity index (χ1n) is 13.4. The van der Waals surface area contributed by atoms with Crippen LogP contribution in [0.2, 0.25) is 5.02 Å². The molecule has 1 aliphatic rings. The quantitative estimate of drug-likeness (QED) is 0.255. The Kier molecular flexibility index (Phi) is 9.06. The Morgan fingerprint density at radius 2 is 1.54 bits per heavy atom. The van der Waals surface area contributed by atoms with Gasteiger partial charge < -0.3 is 24.4 Å². The van der Waals surface area contributed by atoms with Crippen molar-refractivity contribution in [2.75, 3.05) is 13.9 Å². The van der Waals surface area contributed by atoms with Crippen LogP contribution in [0.3, 0.4) is 0 Å². The van der Waals surface area contributed by atoms with Gasteiger partial charge in [-0.25, -0.2) is 0 Å². The molecule has 0 radical (unpaired) electrons. The Labute approximate surface area is 244 Å². The van der Waals surface area contributed by atoms with Crippen molar-refractivity contribution in [1.29, 1.82) is 0 Å². The van der Waals surface area contributed by atoms with Gasteiger partial charge >= 0.3 is 0 Å². The van der Waals surface area contributed by atoms with Crippen molar-refractivity contribution in [3.8, 4) is 17.2 Å². The van der Waals surface area contributed by atoms with Gasteiger partial charge in [-0.15, -0.1) is 0 Å². The van der Waals surface area contributed by atoms with Crippen LogP contribution < -0.4 is 19.5 Å². The van der Waals surface area contributed by atoms with Gasteiger partial charge in [-0.1, -0.05) is 72.3 Å². The number of hydrogen-bond acceptors (Lipinski definition) is 5. The van der Waals surface area contributed by atoms with Crippen LogP contribution in [0, 0.1) is 0 Å². The van der Waals surface area contributed by atoms with E-state index < -0.39 is 6.04 Å². The number of hydrogen-bond donors (Lipinski definition) is 1. The summed E-state index contributed by atoms with van der Waals surface area (Å²) in [7, 11) is 1.61. The van der Waals surface area contributed by atoms with Gasteiger partial charge in [0.05, 0.1) is 13.5 Å². The minimum Gasteiger partial charge on any atom is -0.497 e. The number of carbonyl (C=O) groups is 2. The zero-order valence-corrected chi connectivity index (χ0v) is 23.5. The minimum atomic E-state index is -0.756. The number of amides is 2. The Balaban J connectivity index is 1.42. The lowest BCUT2D eigenvalue weighted by Crippen LogP contribution is -2.50. The molecule has 1 heterocycles. The Bertz CT molecular complexity index is 1480. The monoisotopic (exact) mass is 570 g/mol. The molecule has 4 aromatic carbocycles. The fourth-order valence-electron chi connectivity index (χ4n) is 4.72. The third-order valence-corrected chi connectivity index (χ3v) is 7.21. The van der Waals surface area contributed by atoms with Crippen LogP contribution in [0.15, 0.2) is 97.1 Å². The standard InChI is InChI=1S/C33H31ClN2O5/c1-39-28-14-9-25(10-15-28)21-36(32(37)19-24-7-12-27(34)13-8-24)29(17-23-5-3-2-4-6-23)33(38)35-20-26-11-16-30-31(18-26)41-22-40-30/h2-16,18,29H,17,19-22H2,1H3,(H,35,38)/t29-/m1/s1.